The van der Waals surface area contributed by atoms with Gasteiger partial charge in [-0.15, -0.1) is 0 Å². The lowest BCUT2D eigenvalue weighted by Gasteiger charge is -2.26. The van der Waals surface area contributed by atoms with Crippen LogP contribution in [0.3, 0.4) is 0 Å². The number of hydrogen-bond acceptors (Lipinski definition) is 4. The van der Waals surface area contributed by atoms with Crippen molar-refractivity contribution in [2.75, 3.05) is 18.0 Å². The van der Waals surface area contributed by atoms with E-state index < -0.39 is 6.03 Å². The first kappa shape index (κ1) is 13.2. The van der Waals surface area contributed by atoms with Crippen molar-refractivity contribution in [3.8, 4) is 11.8 Å². The normalized spacial score (nSPS) is 14.8. The van der Waals surface area contributed by atoms with Gasteiger partial charge in [0.1, 0.15) is 5.58 Å². The third-order valence-corrected chi connectivity index (χ3v) is 3.20. The van der Waals surface area contributed by atoms with E-state index in [2.05, 4.69) is 17.2 Å². The van der Waals surface area contributed by atoms with Gasteiger partial charge in [-0.05, 0) is 18.1 Å². The van der Waals surface area contributed by atoms with E-state index in [9.17, 15) is 9.59 Å². The Balaban J connectivity index is 2.04. The Morgan fingerprint density at radius 3 is 3.00 bits per heavy atom. The number of carbonyl (C=O) groups is 2. The van der Waals surface area contributed by atoms with Crippen molar-refractivity contribution in [2.45, 2.75) is 6.42 Å². The van der Waals surface area contributed by atoms with Crippen LogP contribution >= 0.6 is 0 Å². The van der Waals surface area contributed by atoms with Gasteiger partial charge in [0, 0.05) is 24.4 Å². The van der Waals surface area contributed by atoms with Gasteiger partial charge >= 0.3 is 6.03 Å². The number of carbonyl (C=O) groups excluding carboxylic acids is 2. The number of benzene rings is 1. The zero-order valence-corrected chi connectivity index (χ0v) is 11.2. The average molecular weight is 283 g/mol. The molecule has 0 radical (unpaired) electrons. The minimum Gasteiger partial charge on any atom is -0.448 e. The summed E-state index contributed by atoms with van der Waals surface area (Å²) in [6.07, 6.45) is 0.278. The number of rotatable bonds is 1. The average Bonchev–Trinajstić information content (AvgIpc) is 2.88. The molecule has 0 unspecified atom stereocenters. The molecule has 0 saturated carbocycles. The molecule has 1 saturated heterocycles. The molecule has 6 heteroatoms. The number of hydrogen-bond donors (Lipinski definition) is 2. The minimum atomic E-state index is -0.422. The van der Waals surface area contributed by atoms with Crippen molar-refractivity contribution in [2.24, 2.45) is 5.73 Å². The van der Waals surface area contributed by atoms with E-state index in [-0.39, 0.29) is 18.9 Å². The van der Waals surface area contributed by atoms with Crippen molar-refractivity contribution < 1.29 is 14.0 Å². The lowest BCUT2D eigenvalue weighted by atomic mass is 10.1. The predicted octanol–water partition coefficient (Wildman–Crippen LogP) is 1.19. The highest BCUT2D eigenvalue weighted by molar-refractivity contribution is 6.09. The van der Waals surface area contributed by atoms with Gasteiger partial charge in [0.2, 0.25) is 5.91 Å². The van der Waals surface area contributed by atoms with Gasteiger partial charge in [-0.1, -0.05) is 12.0 Å². The van der Waals surface area contributed by atoms with Crippen LogP contribution in [0.1, 0.15) is 12.2 Å². The summed E-state index contributed by atoms with van der Waals surface area (Å²) >= 11 is 0. The molecule has 1 aliphatic heterocycles. The molecule has 1 aliphatic rings. The first-order chi connectivity index (χ1) is 10.2. The smallest absolute Gasteiger partial charge is 0.328 e. The second-order valence-electron chi connectivity index (χ2n) is 4.56. The van der Waals surface area contributed by atoms with E-state index >= 15 is 0 Å². The van der Waals surface area contributed by atoms with Gasteiger partial charge in [0.25, 0.3) is 0 Å². The van der Waals surface area contributed by atoms with E-state index in [1.165, 1.54) is 4.90 Å². The number of nitrogens with one attached hydrogen (secondary N) is 1. The van der Waals surface area contributed by atoms with Gasteiger partial charge in [0.05, 0.1) is 12.2 Å². The fraction of sp³-hybridized carbons (Fsp3) is 0.200. The van der Waals surface area contributed by atoms with E-state index in [0.29, 0.717) is 23.6 Å². The molecular weight excluding hydrogens is 270 g/mol. The SMILES string of the molecule is NCC#Cc1cc2c(N3CCC(=O)NC3=O)cccc2o1. The third-order valence-electron chi connectivity index (χ3n) is 3.20. The van der Waals surface area contributed by atoms with Crippen molar-refractivity contribution in [3.63, 3.8) is 0 Å². The Morgan fingerprint density at radius 2 is 2.24 bits per heavy atom. The van der Waals surface area contributed by atoms with Crippen LogP contribution in [0, 0.1) is 11.8 Å². The molecule has 0 aliphatic carbocycles. The largest absolute Gasteiger partial charge is 0.448 e. The summed E-state index contributed by atoms with van der Waals surface area (Å²) < 4.78 is 5.60. The Hall–Kier alpha value is -2.78. The Kier molecular flexibility index (Phi) is 3.34. The first-order valence-corrected chi connectivity index (χ1v) is 6.52. The van der Waals surface area contributed by atoms with Crippen LogP contribution in [-0.4, -0.2) is 25.0 Å². The van der Waals surface area contributed by atoms with Gasteiger partial charge in [-0.25, -0.2) is 4.79 Å². The number of nitrogens with two attached hydrogens (primary N) is 1. The summed E-state index contributed by atoms with van der Waals surface area (Å²) in [7, 11) is 0. The maximum Gasteiger partial charge on any atom is 0.328 e. The molecule has 0 spiro atoms. The van der Waals surface area contributed by atoms with E-state index in [1.807, 2.05) is 6.07 Å². The van der Waals surface area contributed by atoms with Crippen LogP contribution < -0.4 is 16.0 Å². The fourth-order valence-electron chi connectivity index (χ4n) is 2.27. The molecule has 106 valence electrons. The summed E-state index contributed by atoms with van der Waals surface area (Å²) in [6.45, 7) is 0.597. The van der Waals surface area contributed by atoms with Crippen molar-refractivity contribution in [1.82, 2.24) is 5.32 Å². The second-order valence-corrected chi connectivity index (χ2v) is 4.56. The Labute approximate surface area is 120 Å². The van der Waals surface area contributed by atoms with Crippen LogP contribution in [-0.2, 0) is 4.79 Å². The summed E-state index contributed by atoms with van der Waals surface area (Å²) in [6, 6.07) is 6.77. The van der Waals surface area contributed by atoms with Crippen LogP contribution in [0.25, 0.3) is 11.0 Å². The molecular formula is C15H13N3O3. The van der Waals surface area contributed by atoms with Crippen molar-refractivity contribution >= 4 is 28.6 Å². The van der Waals surface area contributed by atoms with E-state index in [1.54, 1.807) is 18.2 Å². The van der Waals surface area contributed by atoms with Crippen LogP contribution in [0.4, 0.5) is 10.5 Å². The monoisotopic (exact) mass is 283 g/mol. The van der Waals surface area contributed by atoms with Gasteiger partial charge in [-0.3, -0.25) is 15.0 Å². The summed E-state index contributed by atoms with van der Waals surface area (Å²) in [5.41, 5.74) is 6.67. The van der Waals surface area contributed by atoms with Crippen LogP contribution in [0.15, 0.2) is 28.7 Å². The quantitative estimate of drug-likeness (QED) is 0.769. The highest BCUT2D eigenvalue weighted by Gasteiger charge is 2.25. The van der Waals surface area contributed by atoms with E-state index in [0.717, 1.165) is 5.39 Å². The molecule has 3 rings (SSSR count). The molecule has 3 N–H and O–H groups in total. The molecule has 1 fully saturated rings. The predicted molar refractivity (Wildman–Crippen MR) is 77.6 cm³/mol. The van der Waals surface area contributed by atoms with Crippen molar-refractivity contribution in [1.29, 1.82) is 0 Å². The zero-order valence-electron chi connectivity index (χ0n) is 11.2. The second kappa shape index (κ2) is 5.31. The molecule has 1 aromatic carbocycles. The lowest BCUT2D eigenvalue weighted by molar-refractivity contribution is -0.120. The summed E-state index contributed by atoms with van der Waals surface area (Å²) in [5, 5.41) is 3.09. The topological polar surface area (TPSA) is 88.6 Å². The first-order valence-electron chi connectivity index (χ1n) is 6.52. The number of anilines is 1. The Bertz CT molecular complexity index is 782. The summed E-state index contributed by atoms with van der Waals surface area (Å²) in [5.74, 6) is 5.79. The number of furan rings is 1. The standard InChI is InChI=1S/C15H13N3O3/c16-7-2-3-10-9-11-12(4-1-5-13(11)21-10)18-8-6-14(19)17-15(18)20/h1,4-5,9H,6-8,16H2,(H,17,19,20). The molecule has 2 heterocycles. The zero-order chi connectivity index (χ0) is 14.8. The highest BCUT2D eigenvalue weighted by atomic mass is 16.3. The number of fused-ring (bicyclic) bond motifs is 1. The van der Waals surface area contributed by atoms with Crippen molar-refractivity contribution in [3.05, 3.63) is 30.0 Å². The molecule has 2 aromatic rings. The maximum atomic E-state index is 11.9. The molecule has 1 aromatic heterocycles. The fourth-order valence-corrected chi connectivity index (χ4v) is 2.27. The van der Waals surface area contributed by atoms with Gasteiger partial charge in [-0.2, -0.15) is 0 Å². The maximum absolute atomic E-state index is 11.9. The number of imide groups is 1. The lowest BCUT2D eigenvalue weighted by Crippen LogP contribution is -2.49. The molecule has 0 bridgehead atoms. The summed E-state index contributed by atoms with van der Waals surface area (Å²) in [4.78, 5) is 24.7. The number of amides is 3. The van der Waals surface area contributed by atoms with Gasteiger partial charge in [0.15, 0.2) is 5.76 Å². The van der Waals surface area contributed by atoms with Crippen LogP contribution in [0.5, 0.6) is 0 Å². The number of urea groups is 1. The van der Waals surface area contributed by atoms with E-state index in [4.69, 9.17) is 10.2 Å². The molecule has 21 heavy (non-hydrogen) atoms. The number of nitrogens with zero attached hydrogens (tertiary/aromatic N) is 1. The van der Waals surface area contributed by atoms with Crippen LogP contribution in [0.2, 0.25) is 0 Å². The van der Waals surface area contributed by atoms with Gasteiger partial charge < -0.3 is 10.2 Å². The molecule has 3 amide bonds. The Morgan fingerprint density at radius 1 is 1.38 bits per heavy atom. The third kappa shape index (κ3) is 2.47. The highest BCUT2D eigenvalue weighted by Crippen LogP contribution is 2.30. The molecule has 6 nitrogen and oxygen atoms in total. The minimum absolute atomic E-state index is 0.251. The molecule has 0 atom stereocenters.